The molecule has 1 atom stereocenters. The van der Waals surface area contributed by atoms with Gasteiger partial charge in [-0.1, -0.05) is 26.7 Å². The molecule has 1 saturated carbocycles. The molecule has 5 heteroatoms. The molecule has 1 fully saturated rings. The molecule has 0 bridgehead atoms. The number of carbonyl (C=O) groups is 1. The normalized spacial score (nSPS) is 22.1. The van der Waals surface area contributed by atoms with Crippen molar-refractivity contribution in [3.63, 3.8) is 0 Å². The van der Waals surface area contributed by atoms with E-state index in [9.17, 15) is 4.79 Å². The smallest absolute Gasteiger partial charge is 0.339 e. The molecule has 104 valence electrons. The molecular formula is C14H21N3O2. The van der Waals surface area contributed by atoms with Crippen LogP contribution < -0.4 is 5.32 Å². The van der Waals surface area contributed by atoms with E-state index in [1.165, 1.54) is 31.8 Å². The average Bonchev–Trinajstić information content (AvgIpc) is 2.37. The lowest BCUT2D eigenvalue weighted by molar-refractivity contribution is 0.0694. The molecule has 1 aliphatic carbocycles. The van der Waals surface area contributed by atoms with Gasteiger partial charge >= 0.3 is 5.97 Å². The van der Waals surface area contributed by atoms with Gasteiger partial charge in [0.25, 0.3) is 0 Å². The summed E-state index contributed by atoms with van der Waals surface area (Å²) in [6, 6.07) is 0.415. The Balaban J connectivity index is 2.04. The Labute approximate surface area is 113 Å². The summed E-state index contributed by atoms with van der Waals surface area (Å²) in [7, 11) is 0. The van der Waals surface area contributed by atoms with Crippen molar-refractivity contribution in [1.82, 2.24) is 15.3 Å². The van der Waals surface area contributed by atoms with Crippen molar-refractivity contribution in [2.24, 2.45) is 5.41 Å². The highest BCUT2D eigenvalue weighted by atomic mass is 16.4. The molecule has 5 nitrogen and oxygen atoms in total. The highest BCUT2D eigenvalue weighted by Crippen LogP contribution is 2.35. The van der Waals surface area contributed by atoms with Crippen molar-refractivity contribution in [2.75, 3.05) is 0 Å². The van der Waals surface area contributed by atoms with E-state index in [0.29, 0.717) is 18.3 Å². The number of aromatic carboxylic acids is 1. The van der Waals surface area contributed by atoms with E-state index in [-0.39, 0.29) is 11.0 Å². The zero-order valence-electron chi connectivity index (χ0n) is 11.5. The molecule has 0 aromatic carbocycles. The third-order valence-electron chi connectivity index (χ3n) is 4.05. The van der Waals surface area contributed by atoms with E-state index >= 15 is 0 Å². The van der Waals surface area contributed by atoms with Crippen LogP contribution in [0.2, 0.25) is 0 Å². The van der Waals surface area contributed by atoms with E-state index < -0.39 is 5.97 Å². The quantitative estimate of drug-likeness (QED) is 0.871. The summed E-state index contributed by atoms with van der Waals surface area (Å²) in [6.45, 7) is 5.02. The molecule has 1 aliphatic rings. The molecule has 2 N–H and O–H groups in total. The lowest BCUT2D eigenvalue weighted by atomic mass is 9.73. The van der Waals surface area contributed by atoms with Crippen molar-refractivity contribution < 1.29 is 9.90 Å². The van der Waals surface area contributed by atoms with E-state index in [2.05, 4.69) is 29.1 Å². The van der Waals surface area contributed by atoms with E-state index in [4.69, 9.17) is 5.11 Å². The van der Waals surface area contributed by atoms with Crippen LogP contribution in [0.25, 0.3) is 0 Å². The summed E-state index contributed by atoms with van der Waals surface area (Å²) in [5.74, 6) is -0.972. The van der Waals surface area contributed by atoms with Crippen molar-refractivity contribution >= 4 is 5.97 Å². The molecule has 1 aromatic rings. The Kier molecular flexibility index (Phi) is 4.14. The highest BCUT2D eigenvalue weighted by molar-refractivity contribution is 5.88. The van der Waals surface area contributed by atoms with Crippen LogP contribution >= 0.6 is 0 Å². The fourth-order valence-electron chi connectivity index (χ4n) is 2.77. The van der Waals surface area contributed by atoms with Gasteiger partial charge in [0.15, 0.2) is 0 Å². The SMILES string of the molecule is CC1(C)CCCCC1NCc1ncncc1C(=O)O. The fraction of sp³-hybridized carbons (Fsp3) is 0.643. The van der Waals surface area contributed by atoms with Crippen LogP contribution in [-0.4, -0.2) is 27.1 Å². The molecule has 0 spiro atoms. The van der Waals surface area contributed by atoms with Crippen LogP contribution in [0.15, 0.2) is 12.5 Å². The van der Waals surface area contributed by atoms with Crippen LogP contribution in [0.5, 0.6) is 0 Å². The topological polar surface area (TPSA) is 75.1 Å². The second-order valence-corrected chi connectivity index (χ2v) is 5.86. The maximum atomic E-state index is 11.1. The molecule has 0 radical (unpaired) electrons. The molecule has 19 heavy (non-hydrogen) atoms. The van der Waals surface area contributed by atoms with Crippen LogP contribution in [0.3, 0.4) is 0 Å². The number of nitrogens with zero attached hydrogens (tertiary/aromatic N) is 2. The molecular weight excluding hydrogens is 242 g/mol. The standard InChI is InChI=1S/C14H21N3O2/c1-14(2)6-4-3-5-12(14)16-8-11-10(13(18)19)7-15-9-17-11/h7,9,12,16H,3-6,8H2,1-2H3,(H,18,19). The minimum Gasteiger partial charge on any atom is -0.478 e. The number of aromatic nitrogens is 2. The third-order valence-corrected chi connectivity index (χ3v) is 4.05. The molecule has 1 heterocycles. The van der Waals surface area contributed by atoms with Crippen molar-refractivity contribution in [3.8, 4) is 0 Å². The monoisotopic (exact) mass is 263 g/mol. The van der Waals surface area contributed by atoms with Gasteiger partial charge in [-0.3, -0.25) is 0 Å². The lowest BCUT2D eigenvalue weighted by Crippen LogP contribution is -2.44. The van der Waals surface area contributed by atoms with Gasteiger partial charge < -0.3 is 10.4 Å². The van der Waals surface area contributed by atoms with Crippen LogP contribution in [0, 0.1) is 5.41 Å². The third kappa shape index (κ3) is 3.29. The summed E-state index contributed by atoms with van der Waals surface area (Å²) >= 11 is 0. The average molecular weight is 263 g/mol. The summed E-state index contributed by atoms with van der Waals surface area (Å²) in [5, 5.41) is 12.6. The van der Waals surface area contributed by atoms with Gasteiger partial charge in [0.1, 0.15) is 11.9 Å². The molecule has 2 rings (SSSR count). The van der Waals surface area contributed by atoms with Crippen LogP contribution in [-0.2, 0) is 6.54 Å². The molecule has 1 aromatic heterocycles. The van der Waals surface area contributed by atoms with E-state index in [0.717, 1.165) is 6.42 Å². The van der Waals surface area contributed by atoms with Gasteiger partial charge in [-0.15, -0.1) is 0 Å². The van der Waals surface area contributed by atoms with Crippen molar-refractivity contribution in [2.45, 2.75) is 52.1 Å². The summed E-state index contributed by atoms with van der Waals surface area (Å²) in [5.41, 5.74) is 1.00. The first kappa shape index (κ1) is 13.9. The largest absolute Gasteiger partial charge is 0.478 e. The van der Waals surface area contributed by atoms with Gasteiger partial charge in [0.2, 0.25) is 0 Å². The summed E-state index contributed by atoms with van der Waals surface area (Å²) in [6.07, 6.45) is 7.62. The van der Waals surface area contributed by atoms with Gasteiger partial charge in [-0.2, -0.15) is 0 Å². The van der Waals surface area contributed by atoms with Crippen molar-refractivity contribution in [1.29, 1.82) is 0 Å². The Bertz CT molecular complexity index is 460. The zero-order valence-corrected chi connectivity index (χ0v) is 11.5. The second kappa shape index (κ2) is 5.65. The molecule has 0 aliphatic heterocycles. The fourth-order valence-corrected chi connectivity index (χ4v) is 2.77. The summed E-state index contributed by atoms with van der Waals surface area (Å²) in [4.78, 5) is 18.9. The van der Waals surface area contributed by atoms with E-state index in [1.807, 2.05) is 0 Å². The highest BCUT2D eigenvalue weighted by Gasteiger charge is 2.31. The number of hydrogen-bond acceptors (Lipinski definition) is 4. The number of rotatable bonds is 4. The maximum Gasteiger partial charge on any atom is 0.339 e. The maximum absolute atomic E-state index is 11.1. The predicted molar refractivity (Wildman–Crippen MR) is 71.9 cm³/mol. The predicted octanol–water partition coefficient (Wildman–Crippen LogP) is 2.23. The zero-order chi connectivity index (χ0) is 13.9. The lowest BCUT2D eigenvalue weighted by Gasteiger charge is -2.39. The first-order chi connectivity index (χ1) is 9.00. The second-order valence-electron chi connectivity index (χ2n) is 5.86. The molecule has 1 unspecified atom stereocenters. The van der Waals surface area contributed by atoms with Crippen LogP contribution in [0.1, 0.15) is 55.6 Å². The number of hydrogen-bond donors (Lipinski definition) is 2. The minimum absolute atomic E-state index is 0.184. The van der Waals surface area contributed by atoms with Gasteiger partial charge in [-0.25, -0.2) is 14.8 Å². The molecule has 0 amide bonds. The Morgan fingerprint density at radius 1 is 1.53 bits per heavy atom. The Morgan fingerprint density at radius 3 is 3.00 bits per heavy atom. The summed E-state index contributed by atoms with van der Waals surface area (Å²) < 4.78 is 0. The van der Waals surface area contributed by atoms with Crippen LogP contribution in [0.4, 0.5) is 0 Å². The first-order valence-corrected chi connectivity index (χ1v) is 6.76. The number of carboxylic acid groups (broad SMARTS) is 1. The van der Waals surface area contributed by atoms with E-state index in [1.54, 1.807) is 0 Å². The Morgan fingerprint density at radius 2 is 2.32 bits per heavy atom. The molecule has 0 saturated heterocycles. The van der Waals surface area contributed by atoms with Gasteiger partial charge in [-0.05, 0) is 18.3 Å². The number of nitrogens with one attached hydrogen (secondary N) is 1. The first-order valence-electron chi connectivity index (χ1n) is 6.76. The van der Waals surface area contributed by atoms with Gasteiger partial charge in [0.05, 0.1) is 5.69 Å². The van der Waals surface area contributed by atoms with Gasteiger partial charge in [0, 0.05) is 18.8 Å². The number of carboxylic acids is 1. The Hall–Kier alpha value is -1.49. The minimum atomic E-state index is -0.972. The van der Waals surface area contributed by atoms with Crippen molar-refractivity contribution in [3.05, 3.63) is 23.8 Å².